The third-order valence-corrected chi connectivity index (χ3v) is 4.05. The third-order valence-electron chi connectivity index (χ3n) is 2.99. The Kier molecular flexibility index (Phi) is 5.41. The summed E-state index contributed by atoms with van der Waals surface area (Å²) < 4.78 is 5.66. The molecule has 2 heterocycles. The van der Waals surface area contributed by atoms with Crippen LogP contribution in [0, 0.1) is 0 Å². The van der Waals surface area contributed by atoms with Gasteiger partial charge in [0.15, 0.2) is 5.13 Å². The van der Waals surface area contributed by atoms with Gasteiger partial charge in [-0.3, -0.25) is 0 Å². The van der Waals surface area contributed by atoms with Crippen LogP contribution in [0.2, 0.25) is 0 Å². The number of nitrogens with zero attached hydrogens (tertiary/aromatic N) is 2. The highest BCUT2D eigenvalue weighted by Crippen LogP contribution is 2.24. The molecule has 102 valence electrons. The number of hydrogen-bond acceptors (Lipinski definition) is 5. The van der Waals surface area contributed by atoms with Gasteiger partial charge in [-0.1, -0.05) is 6.92 Å². The summed E-state index contributed by atoms with van der Waals surface area (Å²) in [5.41, 5.74) is 0. The van der Waals surface area contributed by atoms with Crippen LogP contribution in [0.4, 0.5) is 5.13 Å². The summed E-state index contributed by atoms with van der Waals surface area (Å²) in [6.45, 7) is 9.20. The molecule has 1 aliphatic heterocycles. The minimum Gasteiger partial charge on any atom is -0.377 e. The van der Waals surface area contributed by atoms with Crippen molar-refractivity contribution in [2.75, 3.05) is 31.1 Å². The topological polar surface area (TPSA) is 37.4 Å². The first-order valence-corrected chi connectivity index (χ1v) is 7.63. The summed E-state index contributed by atoms with van der Waals surface area (Å²) in [6.07, 6.45) is 4.57. The summed E-state index contributed by atoms with van der Waals surface area (Å²) >= 11 is 1.80. The maximum atomic E-state index is 5.66. The van der Waals surface area contributed by atoms with E-state index in [0.29, 0.717) is 6.10 Å². The second-order valence-electron chi connectivity index (χ2n) is 4.77. The largest absolute Gasteiger partial charge is 0.377 e. The Hall–Kier alpha value is -0.650. The smallest absolute Gasteiger partial charge is 0.185 e. The van der Waals surface area contributed by atoms with Gasteiger partial charge in [-0.05, 0) is 26.3 Å². The Balaban J connectivity index is 1.91. The maximum absolute atomic E-state index is 5.66. The zero-order valence-corrected chi connectivity index (χ0v) is 12.1. The Labute approximate surface area is 113 Å². The van der Waals surface area contributed by atoms with Gasteiger partial charge in [0, 0.05) is 37.3 Å². The fourth-order valence-corrected chi connectivity index (χ4v) is 3.00. The molecule has 1 aliphatic rings. The Morgan fingerprint density at radius 2 is 2.50 bits per heavy atom. The van der Waals surface area contributed by atoms with E-state index < -0.39 is 0 Å². The highest BCUT2D eigenvalue weighted by atomic mass is 32.1. The number of anilines is 1. The van der Waals surface area contributed by atoms with Crippen molar-refractivity contribution in [2.45, 2.75) is 39.3 Å². The van der Waals surface area contributed by atoms with E-state index >= 15 is 0 Å². The normalized spacial score (nSPS) is 21.0. The van der Waals surface area contributed by atoms with E-state index in [1.165, 1.54) is 11.3 Å². The summed E-state index contributed by atoms with van der Waals surface area (Å²) in [7, 11) is 0. The molecule has 0 radical (unpaired) electrons. The quantitative estimate of drug-likeness (QED) is 0.832. The standard InChI is InChI=1S/C13H23N3OS/c1-3-5-14-8-12-9-15-13(18-12)16-6-4-7-17-11(2)10-16/h9,11,14H,3-8,10H2,1-2H3. The first-order valence-electron chi connectivity index (χ1n) is 6.81. The molecule has 0 saturated carbocycles. The van der Waals surface area contributed by atoms with E-state index in [0.717, 1.165) is 44.3 Å². The lowest BCUT2D eigenvalue weighted by molar-refractivity contribution is 0.0821. The average Bonchev–Trinajstić information content (AvgIpc) is 2.72. The number of hydrogen-bond donors (Lipinski definition) is 1. The molecule has 1 saturated heterocycles. The van der Waals surface area contributed by atoms with Gasteiger partial charge in [-0.15, -0.1) is 11.3 Å². The lowest BCUT2D eigenvalue weighted by atomic mass is 10.4. The zero-order valence-electron chi connectivity index (χ0n) is 11.3. The van der Waals surface area contributed by atoms with Gasteiger partial charge in [0.2, 0.25) is 0 Å². The highest BCUT2D eigenvalue weighted by Gasteiger charge is 2.17. The van der Waals surface area contributed by atoms with Crippen molar-refractivity contribution in [3.05, 3.63) is 11.1 Å². The van der Waals surface area contributed by atoms with E-state index in [-0.39, 0.29) is 0 Å². The number of thiazole rings is 1. The molecule has 1 atom stereocenters. The van der Waals surface area contributed by atoms with Gasteiger partial charge in [-0.25, -0.2) is 4.98 Å². The molecule has 0 aromatic carbocycles. The predicted octanol–water partition coefficient (Wildman–Crippen LogP) is 2.26. The minimum atomic E-state index is 0.304. The van der Waals surface area contributed by atoms with Crippen LogP contribution < -0.4 is 10.2 Å². The van der Waals surface area contributed by atoms with Gasteiger partial charge in [-0.2, -0.15) is 0 Å². The van der Waals surface area contributed by atoms with E-state index in [2.05, 4.69) is 29.0 Å². The molecule has 1 fully saturated rings. The Morgan fingerprint density at radius 3 is 3.33 bits per heavy atom. The molecule has 4 nitrogen and oxygen atoms in total. The molecule has 2 rings (SSSR count). The van der Waals surface area contributed by atoms with Gasteiger partial charge < -0.3 is 15.0 Å². The molecule has 1 aromatic heterocycles. The van der Waals surface area contributed by atoms with E-state index in [9.17, 15) is 0 Å². The molecule has 0 bridgehead atoms. The van der Waals surface area contributed by atoms with Crippen molar-refractivity contribution < 1.29 is 4.74 Å². The average molecular weight is 269 g/mol. The van der Waals surface area contributed by atoms with Crippen molar-refractivity contribution in [2.24, 2.45) is 0 Å². The van der Waals surface area contributed by atoms with Crippen molar-refractivity contribution in [3.8, 4) is 0 Å². The van der Waals surface area contributed by atoms with Crippen LogP contribution in [-0.2, 0) is 11.3 Å². The maximum Gasteiger partial charge on any atom is 0.185 e. The van der Waals surface area contributed by atoms with Gasteiger partial charge in [0.1, 0.15) is 0 Å². The third kappa shape index (κ3) is 3.93. The molecule has 5 heteroatoms. The molecule has 18 heavy (non-hydrogen) atoms. The fraction of sp³-hybridized carbons (Fsp3) is 0.769. The van der Waals surface area contributed by atoms with Gasteiger partial charge >= 0.3 is 0 Å². The number of ether oxygens (including phenoxy) is 1. The van der Waals surface area contributed by atoms with Crippen LogP contribution in [0.1, 0.15) is 31.6 Å². The lowest BCUT2D eigenvalue weighted by Crippen LogP contribution is -2.29. The summed E-state index contributed by atoms with van der Waals surface area (Å²) in [5, 5.41) is 4.56. The molecule has 0 aliphatic carbocycles. The van der Waals surface area contributed by atoms with E-state index in [4.69, 9.17) is 4.74 Å². The van der Waals surface area contributed by atoms with Crippen LogP contribution in [0.3, 0.4) is 0 Å². The highest BCUT2D eigenvalue weighted by molar-refractivity contribution is 7.15. The first kappa shape index (κ1) is 13.8. The number of aromatic nitrogens is 1. The zero-order chi connectivity index (χ0) is 12.8. The van der Waals surface area contributed by atoms with Crippen molar-refractivity contribution in [1.82, 2.24) is 10.3 Å². The van der Waals surface area contributed by atoms with Crippen molar-refractivity contribution >= 4 is 16.5 Å². The van der Waals surface area contributed by atoms with Gasteiger partial charge in [0.05, 0.1) is 6.10 Å². The summed E-state index contributed by atoms with van der Waals surface area (Å²) in [6, 6.07) is 0. The van der Waals surface area contributed by atoms with Crippen LogP contribution in [0.15, 0.2) is 6.20 Å². The van der Waals surface area contributed by atoms with Crippen LogP contribution >= 0.6 is 11.3 Å². The van der Waals surface area contributed by atoms with E-state index in [1.54, 1.807) is 11.3 Å². The Morgan fingerprint density at radius 1 is 1.61 bits per heavy atom. The van der Waals surface area contributed by atoms with Crippen LogP contribution in [0.5, 0.6) is 0 Å². The molecular weight excluding hydrogens is 246 g/mol. The second kappa shape index (κ2) is 7.07. The van der Waals surface area contributed by atoms with Crippen molar-refractivity contribution in [1.29, 1.82) is 0 Å². The molecule has 1 unspecified atom stereocenters. The number of nitrogens with one attached hydrogen (secondary N) is 1. The fourth-order valence-electron chi connectivity index (χ4n) is 2.08. The summed E-state index contributed by atoms with van der Waals surface area (Å²) in [4.78, 5) is 8.21. The molecule has 1 aromatic rings. The van der Waals surface area contributed by atoms with Crippen LogP contribution in [-0.4, -0.2) is 37.3 Å². The molecule has 0 spiro atoms. The van der Waals surface area contributed by atoms with E-state index in [1.807, 2.05) is 6.20 Å². The minimum absolute atomic E-state index is 0.304. The lowest BCUT2D eigenvalue weighted by Gasteiger charge is -2.20. The van der Waals surface area contributed by atoms with Crippen molar-refractivity contribution in [3.63, 3.8) is 0 Å². The molecule has 0 amide bonds. The van der Waals surface area contributed by atoms with Crippen LogP contribution in [0.25, 0.3) is 0 Å². The van der Waals surface area contributed by atoms with Gasteiger partial charge in [0.25, 0.3) is 0 Å². The number of rotatable bonds is 5. The molecular formula is C13H23N3OS. The predicted molar refractivity (Wildman–Crippen MR) is 76.4 cm³/mol. The summed E-state index contributed by atoms with van der Waals surface area (Å²) in [5.74, 6) is 0. The Bertz CT molecular complexity index is 356. The second-order valence-corrected chi connectivity index (χ2v) is 5.86. The molecule has 1 N–H and O–H groups in total. The first-order chi connectivity index (χ1) is 8.79. The SMILES string of the molecule is CCCNCc1cnc(N2CCCOC(C)C2)s1. The monoisotopic (exact) mass is 269 g/mol.